The maximum absolute atomic E-state index is 9.08. The summed E-state index contributed by atoms with van der Waals surface area (Å²) in [5, 5.41) is 18.2. The van der Waals surface area contributed by atoms with E-state index in [1.165, 1.54) is 5.56 Å². The van der Waals surface area contributed by atoms with Gasteiger partial charge in [-0.25, -0.2) is 0 Å². The first-order valence-electron chi connectivity index (χ1n) is 6.15. The Morgan fingerprint density at radius 3 is 2.39 bits per heavy atom. The topological polar surface area (TPSA) is 47.6 Å². The van der Waals surface area contributed by atoms with Crippen molar-refractivity contribution in [2.24, 2.45) is 11.3 Å². The lowest BCUT2D eigenvalue weighted by Crippen LogP contribution is -2.22. The van der Waals surface area contributed by atoms with Crippen molar-refractivity contribution in [3.05, 3.63) is 48.6 Å². The van der Waals surface area contributed by atoms with Gasteiger partial charge in [-0.2, -0.15) is 10.5 Å². The van der Waals surface area contributed by atoms with Gasteiger partial charge >= 0.3 is 0 Å². The number of allylic oxidation sites excluding steroid dienone is 1. The van der Waals surface area contributed by atoms with Crippen molar-refractivity contribution < 1.29 is 0 Å². The summed E-state index contributed by atoms with van der Waals surface area (Å²) in [6.45, 7) is 5.43. The molecule has 0 radical (unpaired) electrons. The van der Waals surface area contributed by atoms with E-state index in [4.69, 9.17) is 10.5 Å². The van der Waals surface area contributed by atoms with Gasteiger partial charge in [-0.05, 0) is 31.7 Å². The highest BCUT2D eigenvalue weighted by atomic mass is 14.4. The standard InChI is InChI=1S/C16H18N2/c1-3-15(16(2,12-17)13-18)11-7-10-14-8-5-4-6-9-14/h3-6,8-9,15H,1,7,10-11H2,2H3. The third-order valence-corrected chi connectivity index (χ3v) is 3.31. The lowest BCUT2D eigenvalue weighted by atomic mass is 9.77. The van der Waals surface area contributed by atoms with Gasteiger partial charge < -0.3 is 0 Å². The Morgan fingerprint density at radius 2 is 1.89 bits per heavy atom. The maximum Gasteiger partial charge on any atom is 0.147 e. The fourth-order valence-corrected chi connectivity index (χ4v) is 2.00. The van der Waals surface area contributed by atoms with Crippen LogP contribution < -0.4 is 0 Å². The van der Waals surface area contributed by atoms with Crippen LogP contribution in [0.4, 0.5) is 0 Å². The van der Waals surface area contributed by atoms with Crippen molar-refractivity contribution in [3.8, 4) is 12.1 Å². The summed E-state index contributed by atoms with van der Waals surface area (Å²) in [6, 6.07) is 14.4. The molecule has 92 valence electrons. The largest absolute Gasteiger partial charge is 0.197 e. The zero-order valence-corrected chi connectivity index (χ0v) is 10.8. The second kappa shape index (κ2) is 6.62. The molecule has 0 aromatic heterocycles. The Bertz CT molecular complexity index is 448. The normalized spacial score (nSPS) is 12.2. The molecule has 0 saturated heterocycles. The number of rotatable bonds is 6. The molecule has 1 atom stereocenters. The Morgan fingerprint density at radius 1 is 1.28 bits per heavy atom. The second-order valence-corrected chi connectivity index (χ2v) is 4.65. The van der Waals surface area contributed by atoms with Gasteiger partial charge in [0.25, 0.3) is 0 Å². The van der Waals surface area contributed by atoms with Crippen LogP contribution in [-0.4, -0.2) is 0 Å². The summed E-state index contributed by atoms with van der Waals surface area (Å²) < 4.78 is 0. The van der Waals surface area contributed by atoms with Crippen molar-refractivity contribution in [1.82, 2.24) is 0 Å². The minimum Gasteiger partial charge on any atom is -0.197 e. The smallest absolute Gasteiger partial charge is 0.147 e. The molecule has 0 heterocycles. The van der Waals surface area contributed by atoms with Gasteiger partial charge in [-0.15, -0.1) is 6.58 Å². The number of hydrogen-bond acceptors (Lipinski definition) is 2. The van der Waals surface area contributed by atoms with Crippen molar-refractivity contribution in [2.45, 2.75) is 26.2 Å². The molecule has 0 bridgehead atoms. The van der Waals surface area contributed by atoms with Crippen LogP contribution in [0.25, 0.3) is 0 Å². The van der Waals surface area contributed by atoms with E-state index in [1.807, 2.05) is 18.2 Å². The summed E-state index contributed by atoms with van der Waals surface area (Å²) in [5.74, 6) is -0.0730. The van der Waals surface area contributed by atoms with Crippen LogP contribution in [0.5, 0.6) is 0 Å². The Kier molecular flexibility index (Phi) is 5.15. The number of hydrogen-bond donors (Lipinski definition) is 0. The molecule has 2 nitrogen and oxygen atoms in total. The fourth-order valence-electron chi connectivity index (χ4n) is 2.00. The Balaban J connectivity index is 2.54. The molecule has 0 spiro atoms. The van der Waals surface area contributed by atoms with Crippen molar-refractivity contribution in [1.29, 1.82) is 10.5 Å². The van der Waals surface area contributed by atoms with Crippen LogP contribution in [0.1, 0.15) is 25.3 Å². The first-order valence-corrected chi connectivity index (χ1v) is 6.15. The van der Waals surface area contributed by atoms with Gasteiger partial charge in [-0.3, -0.25) is 0 Å². The first kappa shape index (κ1) is 14.0. The van der Waals surface area contributed by atoms with Gasteiger partial charge in [0.15, 0.2) is 0 Å². The third kappa shape index (κ3) is 3.47. The van der Waals surface area contributed by atoms with Gasteiger partial charge in [0, 0.05) is 5.92 Å². The molecule has 1 rings (SSSR count). The molecule has 0 aliphatic heterocycles. The van der Waals surface area contributed by atoms with Gasteiger partial charge in [0.1, 0.15) is 5.41 Å². The van der Waals surface area contributed by atoms with Crippen LogP contribution >= 0.6 is 0 Å². The third-order valence-electron chi connectivity index (χ3n) is 3.31. The molecule has 0 N–H and O–H groups in total. The van der Waals surface area contributed by atoms with Crippen LogP contribution in [0, 0.1) is 34.0 Å². The summed E-state index contributed by atoms with van der Waals surface area (Å²) in [7, 11) is 0. The summed E-state index contributed by atoms with van der Waals surface area (Å²) in [6.07, 6.45) is 4.48. The lowest BCUT2D eigenvalue weighted by molar-refractivity contribution is 0.383. The molecule has 0 saturated carbocycles. The second-order valence-electron chi connectivity index (χ2n) is 4.65. The minimum absolute atomic E-state index is 0.0730. The van der Waals surface area contributed by atoms with Crippen molar-refractivity contribution in [3.63, 3.8) is 0 Å². The summed E-state index contributed by atoms with van der Waals surface area (Å²) in [4.78, 5) is 0. The molecular weight excluding hydrogens is 220 g/mol. The molecule has 0 fully saturated rings. The molecule has 0 amide bonds. The molecule has 1 aromatic carbocycles. The van der Waals surface area contributed by atoms with E-state index in [0.29, 0.717) is 0 Å². The highest BCUT2D eigenvalue weighted by molar-refractivity contribution is 5.18. The average molecular weight is 238 g/mol. The van der Waals surface area contributed by atoms with E-state index in [-0.39, 0.29) is 5.92 Å². The van der Waals surface area contributed by atoms with E-state index in [2.05, 4.69) is 30.9 Å². The predicted molar refractivity (Wildman–Crippen MR) is 72.4 cm³/mol. The zero-order valence-electron chi connectivity index (χ0n) is 10.8. The highest BCUT2D eigenvalue weighted by Crippen LogP contribution is 2.30. The van der Waals surface area contributed by atoms with Gasteiger partial charge in [-0.1, -0.05) is 36.4 Å². The summed E-state index contributed by atoms with van der Waals surface area (Å²) >= 11 is 0. The molecule has 18 heavy (non-hydrogen) atoms. The molecule has 1 unspecified atom stereocenters. The average Bonchev–Trinajstić information content (AvgIpc) is 2.44. The summed E-state index contributed by atoms with van der Waals surface area (Å²) in [5.41, 5.74) is 0.328. The number of benzene rings is 1. The maximum atomic E-state index is 9.08. The molecule has 0 aliphatic carbocycles. The van der Waals surface area contributed by atoms with Crippen molar-refractivity contribution in [2.75, 3.05) is 0 Å². The van der Waals surface area contributed by atoms with E-state index >= 15 is 0 Å². The van der Waals surface area contributed by atoms with Crippen LogP contribution in [0.3, 0.4) is 0 Å². The van der Waals surface area contributed by atoms with Gasteiger partial charge in [0.05, 0.1) is 12.1 Å². The van der Waals surface area contributed by atoms with E-state index < -0.39 is 5.41 Å². The lowest BCUT2D eigenvalue weighted by Gasteiger charge is -2.22. The Hall–Kier alpha value is -2.06. The molecule has 1 aromatic rings. The molecular formula is C16H18N2. The first-order chi connectivity index (χ1) is 8.66. The van der Waals surface area contributed by atoms with Crippen LogP contribution in [0.2, 0.25) is 0 Å². The molecule has 0 aliphatic rings. The van der Waals surface area contributed by atoms with Crippen molar-refractivity contribution >= 4 is 0 Å². The van der Waals surface area contributed by atoms with E-state index in [1.54, 1.807) is 13.0 Å². The van der Waals surface area contributed by atoms with Gasteiger partial charge in [0.2, 0.25) is 0 Å². The van der Waals surface area contributed by atoms with Crippen LogP contribution in [-0.2, 0) is 6.42 Å². The predicted octanol–water partition coefficient (Wildman–Crippen LogP) is 3.86. The zero-order chi connectivity index (χ0) is 13.4. The van der Waals surface area contributed by atoms with E-state index in [0.717, 1.165) is 19.3 Å². The minimum atomic E-state index is -0.960. The fraction of sp³-hybridized carbons (Fsp3) is 0.375. The highest BCUT2D eigenvalue weighted by Gasteiger charge is 2.31. The molecule has 2 heteroatoms. The SMILES string of the molecule is C=CC(CCCc1ccccc1)C(C)(C#N)C#N. The number of nitrogens with zero attached hydrogens (tertiary/aromatic N) is 2. The quantitative estimate of drug-likeness (QED) is 0.706. The van der Waals surface area contributed by atoms with E-state index in [9.17, 15) is 0 Å². The Labute approximate surface area is 109 Å². The monoisotopic (exact) mass is 238 g/mol. The number of aryl methyl sites for hydroxylation is 1. The number of nitriles is 2. The van der Waals surface area contributed by atoms with Crippen LogP contribution in [0.15, 0.2) is 43.0 Å².